The molecule has 0 aliphatic carbocycles. The number of carboxylic acids is 1. The molecule has 0 aliphatic rings. The van der Waals surface area contributed by atoms with E-state index in [4.69, 9.17) is 10.2 Å². The van der Waals surface area contributed by atoms with Gasteiger partial charge in [0.05, 0.1) is 29.3 Å². The molecule has 0 bridgehead atoms. The number of carbonyl (C=O) groups is 3. The van der Waals surface area contributed by atoms with Crippen LogP contribution in [-0.2, 0) is 14.4 Å². The predicted molar refractivity (Wildman–Crippen MR) is 68.5 cm³/mol. The van der Waals surface area contributed by atoms with Gasteiger partial charge in [-0.2, -0.15) is 0 Å². The van der Waals surface area contributed by atoms with Gasteiger partial charge in [0, 0.05) is 19.4 Å². The molecular formula is C10H16INO5. The first-order valence-corrected chi connectivity index (χ1v) is 6.23. The number of rotatable bonds is 8. The van der Waals surface area contributed by atoms with Crippen molar-refractivity contribution in [3.8, 4) is 0 Å². The Morgan fingerprint density at radius 2 is 1.94 bits per heavy atom. The number of aliphatic hydroxyl groups is 1. The van der Waals surface area contributed by atoms with Crippen molar-refractivity contribution in [2.45, 2.75) is 38.6 Å². The van der Waals surface area contributed by atoms with Crippen LogP contribution >= 0.6 is 22.9 Å². The first-order valence-electron chi connectivity index (χ1n) is 5.27. The minimum absolute atomic E-state index is 0.0496. The summed E-state index contributed by atoms with van der Waals surface area (Å²) in [4.78, 5) is 33.7. The number of nitrogens with zero attached hydrogens (tertiary/aromatic N) is 1. The second-order valence-corrected chi connectivity index (χ2v) is 4.58. The third-order valence-corrected chi connectivity index (χ3v) is 3.29. The predicted octanol–water partition coefficient (Wildman–Crippen LogP) is 0.760. The first kappa shape index (κ1) is 16.3. The fourth-order valence-corrected chi connectivity index (χ4v) is 1.93. The monoisotopic (exact) mass is 357 g/mol. The first-order chi connectivity index (χ1) is 7.93. The summed E-state index contributed by atoms with van der Waals surface area (Å²) in [5, 5.41) is 17.6. The van der Waals surface area contributed by atoms with Crippen molar-refractivity contribution in [1.29, 1.82) is 0 Å². The zero-order valence-corrected chi connectivity index (χ0v) is 11.7. The second kappa shape index (κ2) is 8.40. The van der Waals surface area contributed by atoms with Crippen LogP contribution in [0.15, 0.2) is 0 Å². The van der Waals surface area contributed by atoms with Gasteiger partial charge in [-0.1, -0.05) is 6.92 Å². The zero-order valence-electron chi connectivity index (χ0n) is 9.56. The molecule has 6 nitrogen and oxygen atoms in total. The maximum atomic E-state index is 11.6. The van der Waals surface area contributed by atoms with Crippen molar-refractivity contribution in [3.63, 3.8) is 0 Å². The summed E-state index contributed by atoms with van der Waals surface area (Å²) >= 11 is 1.57. The summed E-state index contributed by atoms with van der Waals surface area (Å²) < 4.78 is 0.976. The summed E-state index contributed by atoms with van der Waals surface area (Å²) in [6.45, 7) is 1.50. The van der Waals surface area contributed by atoms with Crippen LogP contribution < -0.4 is 0 Å². The molecule has 0 heterocycles. The Morgan fingerprint density at radius 3 is 2.35 bits per heavy atom. The number of Topliss-reactive ketones (excluding diaryl/α,β-unsaturated/α-hetero) is 1. The maximum Gasteiger partial charge on any atom is 0.327 e. The summed E-state index contributed by atoms with van der Waals surface area (Å²) in [5.74, 6) is -1.93. The average Bonchev–Trinajstić information content (AvgIpc) is 2.24. The highest BCUT2D eigenvalue weighted by Crippen LogP contribution is 2.13. The highest BCUT2D eigenvalue weighted by molar-refractivity contribution is 14.1. The number of hydrogen-bond donors (Lipinski definition) is 2. The van der Waals surface area contributed by atoms with Gasteiger partial charge < -0.3 is 10.2 Å². The number of ketones is 1. The molecule has 98 valence electrons. The van der Waals surface area contributed by atoms with E-state index in [-0.39, 0.29) is 25.2 Å². The molecule has 1 unspecified atom stereocenters. The average molecular weight is 357 g/mol. The molecule has 0 spiro atoms. The largest absolute Gasteiger partial charge is 0.480 e. The van der Waals surface area contributed by atoms with E-state index in [9.17, 15) is 14.4 Å². The van der Waals surface area contributed by atoms with Crippen LogP contribution in [0.1, 0.15) is 32.6 Å². The number of aliphatic carboxylic acids is 1. The van der Waals surface area contributed by atoms with Gasteiger partial charge in [-0.25, -0.2) is 4.79 Å². The molecule has 1 amide bonds. The lowest BCUT2D eigenvalue weighted by atomic mass is 10.1. The lowest BCUT2D eigenvalue weighted by Gasteiger charge is -2.21. The van der Waals surface area contributed by atoms with E-state index in [0.717, 1.165) is 3.11 Å². The minimum Gasteiger partial charge on any atom is -0.480 e. The Morgan fingerprint density at radius 1 is 1.35 bits per heavy atom. The molecule has 0 aliphatic heterocycles. The molecular weight excluding hydrogens is 341 g/mol. The molecule has 0 aromatic rings. The van der Waals surface area contributed by atoms with Gasteiger partial charge in [0.15, 0.2) is 0 Å². The lowest BCUT2D eigenvalue weighted by molar-refractivity contribution is -0.146. The zero-order chi connectivity index (χ0) is 13.4. The van der Waals surface area contributed by atoms with E-state index in [0.29, 0.717) is 12.8 Å². The number of carbonyl (C=O) groups excluding carboxylic acids is 2. The van der Waals surface area contributed by atoms with Crippen LogP contribution in [0.3, 0.4) is 0 Å². The molecule has 2 N–H and O–H groups in total. The summed E-state index contributed by atoms with van der Waals surface area (Å²) in [6, 6.07) is -1.09. The fourth-order valence-electron chi connectivity index (χ4n) is 1.24. The van der Waals surface area contributed by atoms with Gasteiger partial charge in [-0.3, -0.25) is 12.7 Å². The lowest BCUT2D eigenvalue weighted by Crippen LogP contribution is -2.39. The Kier molecular flexibility index (Phi) is 8.05. The van der Waals surface area contributed by atoms with Gasteiger partial charge in [0.1, 0.15) is 11.8 Å². The van der Waals surface area contributed by atoms with Gasteiger partial charge in [-0.05, 0) is 6.42 Å². The van der Waals surface area contributed by atoms with Gasteiger partial charge >= 0.3 is 5.97 Å². The highest BCUT2D eigenvalue weighted by atomic mass is 127. The number of aliphatic hydroxyl groups excluding tert-OH is 1. The number of amides is 1. The molecule has 0 fully saturated rings. The Hall–Kier alpha value is -0.700. The Bertz CT molecular complexity index is 294. The number of carboxylic acid groups (broad SMARTS) is 1. The van der Waals surface area contributed by atoms with Crippen molar-refractivity contribution in [1.82, 2.24) is 3.11 Å². The van der Waals surface area contributed by atoms with E-state index in [2.05, 4.69) is 0 Å². The molecule has 0 rings (SSSR count). The normalized spacial score (nSPS) is 11.9. The smallest absolute Gasteiger partial charge is 0.327 e. The quantitative estimate of drug-likeness (QED) is 0.380. The van der Waals surface area contributed by atoms with Crippen molar-refractivity contribution in [3.05, 3.63) is 0 Å². The van der Waals surface area contributed by atoms with E-state index in [1.54, 1.807) is 22.9 Å². The van der Waals surface area contributed by atoms with Gasteiger partial charge in [-0.15, -0.1) is 0 Å². The van der Waals surface area contributed by atoms with Crippen molar-refractivity contribution >= 4 is 40.5 Å². The Labute approximate surface area is 113 Å². The van der Waals surface area contributed by atoms with E-state index < -0.39 is 17.9 Å². The topological polar surface area (TPSA) is 94.9 Å². The molecule has 1 atom stereocenters. The molecule has 0 aromatic carbocycles. The van der Waals surface area contributed by atoms with Crippen LogP contribution in [0.25, 0.3) is 0 Å². The SMILES string of the molecule is CCCC(=O)CC(=O)N(I)C(CCO)C(=O)O. The number of halogens is 1. The van der Waals surface area contributed by atoms with Crippen LogP contribution in [-0.4, -0.2) is 43.6 Å². The maximum absolute atomic E-state index is 11.6. The molecule has 0 radical (unpaired) electrons. The molecule has 17 heavy (non-hydrogen) atoms. The number of hydrogen-bond acceptors (Lipinski definition) is 4. The summed E-state index contributed by atoms with van der Waals surface area (Å²) in [5.41, 5.74) is 0. The van der Waals surface area contributed by atoms with Gasteiger partial charge in [0.25, 0.3) is 0 Å². The molecule has 0 saturated heterocycles. The van der Waals surface area contributed by atoms with Crippen molar-refractivity contribution in [2.24, 2.45) is 0 Å². The van der Waals surface area contributed by atoms with Crippen LogP contribution in [0.4, 0.5) is 0 Å². The van der Waals surface area contributed by atoms with E-state index >= 15 is 0 Å². The standard InChI is InChI=1S/C10H16INO5/c1-2-3-7(14)6-9(15)12(11)8(4-5-13)10(16)17/h8,13H,2-6H2,1H3,(H,16,17). The van der Waals surface area contributed by atoms with E-state index in [1.807, 2.05) is 6.92 Å². The van der Waals surface area contributed by atoms with Crippen LogP contribution in [0.5, 0.6) is 0 Å². The minimum atomic E-state index is -1.19. The second-order valence-electron chi connectivity index (χ2n) is 3.54. The fraction of sp³-hybridized carbons (Fsp3) is 0.700. The molecule has 0 aromatic heterocycles. The third-order valence-electron chi connectivity index (χ3n) is 2.08. The summed E-state index contributed by atoms with van der Waals surface area (Å²) in [7, 11) is 0. The summed E-state index contributed by atoms with van der Waals surface area (Å²) in [6.07, 6.45) is 0.637. The third kappa shape index (κ3) is 5.97. The van der Waals surface area contributed by atoms with Crippen molar-refractivity contribution < 1.29 is 24.6 Å². The Balaban J connectivity index is 4.44. The molecule has 7 heteroatoms. The van der Waals surface area contributed by atoms with Crippen LogP contribution in [0.2, 0.25) is 0 Å². The van der Waals surface area contributed by atoms with Crippen LogP contribution in [0, 0.1) is 0 Å². The highest BCUT2D eigenvalue weighted by Gasteiger charge is 2.28. The van der Waals surface area contributed by atoms with Crippen molar-refractivity contribution in [2.75, 3.05) is 6.61 Å². The van der Waals surface area contributed by atoms with E-state index in [1.165, 1.54) is 0 Å². The van der Waals surface area contributed by atoms with Gasteiger partial charge in [0.2, 0.25) is 5.91 Å². The molecule has 0 saturated carbocycles.